The van der Waals surface area contributed by atoms with Crippen LogP contribution in [0, 0.1) is 0 Å². The highest BCUT2D eigenvalue weighted by atomic mass is 16.1. The summed E-state index contributed by atoms with van der Waals surface area (Å²) in [5.74, 6) is -0.0767. The molecule has 20 heavy (non-hydrogen) atoms. The average Bonchev–Trinajstić information content (AvgIpc) is 2.50. The minimum Gasteiger partial charge on any atom is -0.397 e. The van der Waals surface area contributed by atoms with Crippen molar-refractivity contribution < 1.29 is 4.79 Å². The van der Waals surface area contributed by atoms with Gasteiger partial charge in [0.15, 0.2) is 5.78 Å². The van der Waals surface area contributed by atoms with Crippen molar-refractivity contribution in [1.29, 1.82) is 0 Å². The second-order valence-corrected chi connectivity index (χ2v) is 4.79. The van der Waals surface area contributed by atoms with E-state index in [1.807, 2.05) is 31.2 Å². The van der Waals surface area contributed by atoms with Gasteiger partial charge in [-0.1, -0.05) is 44.2 Å². The number of rotatable bonds is 4. The van der Waals surface area contributed by atoms with Gasteiger partial charge in [0.25, 0.3) is 0 Å². The van der Waals surface area contributed by atoms with Crippen LogP contribution in [0.1, 0.15) is 40.9 Å². The van der Waals surface area contributed by atoms with Crippen LogP contribution in [0.3, 0.4) is 0 Å². The summed E-state index contributed by atoms with van der Waals surface area (Å²) in [6, 6.07) is 11.0. The number of aryl methyl sites for hydroxylation is 1. The molecule has 4 N–H and O–H groups in total. The molecule has 0 aliphatic heterocycles. The Morgan fingerprint density at radius 2 is 1.65 bits per heavy atom. The molecule has 0 atom stereocenters. The fourth-order valence-corrected chi connectivity index (χ4v) is 2.49. The van der Waals surface area contributed by atoms with Gasteiger partial charge in [0.2, 0.25) is 0 Å². The fourth-order valence-electron chi connectivity index (χ4n) is 2.49. The van der Waals surface area contributed by atoms with Crippen molar-refractivity contribution in [3.63, 3.8) is 0 Å². The molecule has 0 spiro atoms. The number of ketones is 1. The smallest absolute Gasteiger partial charge is 0.195 e. The van der Waals surface area contributed by atoms with Crippen LogP contribution in [0.2, 0.25) is 0 Å². The zero-order chi connectivity index (χ0) is 14.7. The molecule has 0 heterocycles. The van der Waals surface area contributed by atoms with Gasteiger partial charge in [0.05, 0.1) is 11.4 Å². The van der Waals surface area contributed by atoms with E-state index in [2.05, 4.69) is 6.92 Å². The predicted molar refractivity (Wildman–Crippen MR) is 83.9 cm³/mol. The van der Waals surface area contributed by atoms with Crippen molar-refractivity contribution in [2.45, 2.75) is 26.7 Å². The quantitative estimate of drug-likeness (QED) is 0.661. The van der Waals surface area contributed by atoms with Crippen molar-refractivity contribution in [1.82, 2.24) is 0 Å². The number of carbonyl (C=O) groups is 1. The van der Waals surface area contributed by atoms with Crippen LogP contribution in [0.25, 0.3) is 0 Å². The lowest BCUT2D eigenvalue weighted by Crippen LogP contribution is -2.11. The maximum Gasteiger partial charge on any atom is 0.195 e. The number of carbonyl (C=O) groups excluding carboxylic acids is 1. The maximum atomic E-state index is 12.6. The second-order valence-electron chi connectivity index (χ2n) is 4.79. The molecule has 0 aliphatic carbocycles. The molecule has 0 aliphatic rings. The molecule has 0 fully saturated rings. The molecule has 0 radical (unpaired) electrons. The number of anilines is 2. The highest BCUT2D eigenvalue weighted by Gasteiger charge is 2.18. The summed E-state index contributed by atoms with van der Waals surface area (Å²) in [5.41, 5.74) is 16.4. The van der Waals surface area contributed by atoms with Crippen LogP contribution < -0.4 is 11.5 Å². The summed E-state index contributed by atoms with van der Waals surface area (Å²) in [6.07, 6.45) is 1.65. The van der Waals surface area contributed by atoms with Crippen molar-refractivity contribution in [2.24, 2.45) is 0 Å². The lowest BCUT2D eigenvalue weighted by Gasteiger charge is -2.15. The first kappa shape index (κ1) is 14.1. The Morgan fingerprint density at radius 3 is 2.20 bits per heavy atom. The Hall–Kier alpha value is -2.29. The van der Waals surface area contributed by atoms with Gasteiger partial charge >= 0.3 is 0 Å². The summed E-state index contributed by atoms with van der Waals surface area (Å²) >= 11 is 0. The van der Waals surface area contributed by atoms with Crippen molar-refractivity contribution in [3.8, 4) is 0 Å². The minimum absolute atomic E-state index is 0.0767. The molecule has 0 saturated carbocycles. The number of nitrogens with two attached hydrogens (primary N) is 2. The topological polar surface area (TPSA) is 69.1 Å². The lowest BCUT2D eigenvalue weighted by atomic mass is 9.92. The molecule has 0 saturated heterocycles. The Morgan fingerprint density at radius 1 is 1.00 bits per heavy atom. The summed E-state index contributed by atoms with van der Waals surface area (Å²) in [6.45, 7) is 4.10. The monoisotopic (exact) mass is 268 g/mol. The van der Waals surface area contributed by atoms with Gasteiger partial charge in [-0.2, -0.15) is 0 Å². The van der Waals surface area contributed by atoms with Gasteiger partial charge in [-0.3, -0.25) is 4.79 Å². The third-order valence-corrected chi connectivity index (χ3v) is 3.63. The van der Waals surface area contributed by atoms with Crippen molar-refractivity contribution in [2.75, 3.05) is 11.5 Å². The van der Waals surface area contributed by atoms with Gasteiger partial charge in [0.1, 0.15) is 0 Å². The highest BCUT2D eigenvalue weighted by Crippen LogP contribution is 2.30. The summed E-state index contributed by atoms with van der Waals surface area (Å²) in [7, 11) is 0. The zero-order valence-corrected chi connectivity index (χ0v) is 11.9. The molecular weight excluding hydrogens is 248 g/mol. The van der Waals surface area contributed by atoms with E-state index in [0.29, 0.717) is 22.5 Å². The van der Waals surface area contributed by atoms with E-state index in [-0.39, 0.29) is 5.78 Å². The molecule has 0 aromatic heterocycles. The molecule has 3 heteroatoms. The van der Waals surface area contributed by atoms with Crippen LogP contribution in [0.4, 0.5) is 11.4 Å². The molecule has 3 nitrogen and oxygen atoms in total. The molecule has 2 rings (SSSR count). The van der Waals surface area contributed by atoms with Crippen molar-refractivity contribution >= 4 is 17.2 Å². The minimum atomic E-state index is -0.0767. The number of hydrogen-bond donors (Lipinski definition) is 2. The average molecular weight is 268 g/mol. The van der Waals surface area contributed by atoms with E-state index in [1.165, 1.54) is 0 Å². The predicted octanol–water partition coefficient (Wildman–Crippen LogP) is 3.21. The molecule has 2 aromatic rings. The fraction of sp³-hybridized carbons (Fsp3) is 0.235. The molecule has 0 amide bonds. The standard InChI is InChI=1S/C17H20N2O/c1-3-11-10-14(16(19)15(18)13(11)4-2)17(20)12-8-6-5-7-9-12/h5-10H,3-4,18-19H2,1-2H3. The van der Waals surface area contributed by atoms with E-state index >= 15 is 0 Å². The van der Waals surface area contributed by atoms with Gasteiger partial charge in [-0.25, -0.2) is 0 Å². The Balaban J connectivity index is 2.58. The Labute approximate surface area is 119 Å². The normalized spacial score (nSPS) is 10.5. The first-order valence-corrected chi connectivity index (χ1v) is 6.89. The Kier molecular flexibility index (Phi) is 4.08. The van der Waals surface area contributed by atoms with E-state index in [0.717, 1.165) is 24.0 Å². The first-order valence-electron chi connectivity index (χ1n) is 6.89. The summed E-state index contributed by atoms with van der Waals surface area (Å²) < 4.78 is 0. The SMILES string of the molecule is CCc1cc(C(=O)c2ccccc2)c(N)c(N)c1CC. The van der Waals surface area contributed by atoms with E-state index < -0.39 is 0 Å². The van der Waals surface area contributed by atoms with Crippen LogP contribution in [-0.2, 0) is 12.8 Å². The third kappa shape index (κ3) is 2.39. The molecule has 0 unspecified atom stereocenters. The van der Waals surface area contributed by atoms with E-state index in [1.54, 1.807) is 12.1 Å². The Bertz CT molecular complexity index is 633. The van der Waals surface area contributed by atoms with Gasteiger partial charge in [0, 0.05) is 11.1 Å². The van der Waals surface area contributed by atoms with Crippen molar-refractivity contribution in [3.05, 3.63) is 58.7 Å². The van der Waals surface area contributed by atoms with Crippen LogP contribution in [0.5, 0.6) is 0 Å². The van der Waals surface area contributed by atoms with Gasteiger partial charge in [-0.15, -0.1) is 0 Å². The molecule has 104 valence electrons. The maximum absolute atomic E-state index is 12.6. The summed E-state index contributed by atoms with van der Waals surface area (Å²) in [5, 5.41) is 0. The number of nitrogen functional groups attached to an aromatic ring is 2. The van der Waals surface area contributed by atoms with Gasteiger partial charge in [-0.05, 0) is 30.0 Å². The molecule has 0 bridgehead atoms. The number of benzene rings is 2. The largest absolute Gasteiger partial charge is 0.397 e. The lowest BCUT2D eigenvalue weighted by molar-refractivity contribution is 0.103. The van der Waals surface area contributed by atoms with E-state index in [4.69, 9.17) is 11.5 Å². The van der Waals surface area contributed by atoms with Crippen LogP contribution >= 0.6 is 0 Å². The first-order chi connectivity index (χ1) is 9.60. The van der Waals surface area contributed by atoms with E-state index in [9.17, 15) is 4.79 Å². The second kappa shape index (κ2) is 5.78. The molecule has 2 aromatic carbocycles. The third-order valence-electron chi connectivity index (χ3n) is 3.63. The number of hydrogen-bond acceptors (Lipinski definition) is 3. The summed E-state index contributed by atoms with van der Waals surface area (Å²) in [4.78, 5) is 12.6. The zero-order valence-electron chi connectivity index (χ0n) is 11.9. The molecular formula is C17H20N2O. The highest BCUT2D eigenvalue weighted by molar-refractivity contribution is 6.13. The van der Waals surface area contributed by atoms with Crippen LogP contribution in [-0.4, -0.2) is 5.78 Å². The van der Waals surface area contributed by atoms with Gasteiger partial charge < -0.3 is 11.5 Å². The van der Waals surface area contributed by atoms with Crippen LogP contribution in [0.15, 0.2) is 36.4 Å².